The zero-order valence-electron chi connectivity index (χ0n) is 11.4. The monoisotopic (exact) mass is 309 g/mol. The van der Waals surface area contributed by atoms with Crippen molar-refractivity contribution in [2.24, 2.45) is 0 Å². The molecule has 7 heteroatoms. The van der Waals surface area contributed by atoms with Crippen LogP contribution in [0.25, 0.3) is 0 Å². The van der Waals surface area contributed by atoms with Gasteiger partial charge in [-0.05, 0) is 31.0 Å². The average Bonchev–Trinajstić information content (AvgIpc) is 2.32. The van der Waals surface area contributed by atoms with E-state index in [0.717, 1.165) is 6.42 Å². The summed E-state index contributed by atoms with van der Waals surface area (Å²) in [5.74, 6) is 0.380. The van der Waals surface area contributed by atoms with Gasteiger partial charge in [0.05, 0.1) is 0 Å². The molecular formula is C13H18F3NO2S. The summed E-state index contributed by atoms with van der Waals surface area (Å²) in [6, 6.07) is 6.00. The van der Waals surface area contributed by atoms with Gasteiger partial charge in [-0.1, -0.05) is 12.1 Å². The van der Waals surface area contributed by atoms with E-state index in [-0.39, 0.29) is 11.8 Å². The molecule has 0 aromatic heterocycles. The maximum atomic E-state index is 12.1. The van der Waals surface area contributed by atoms with Crippen LogP contribution in [-0.2, 0) is 17.3 Å². The molecule has 1 rings (SSSR count). The van der Waals surface area contributed by atoms with Gasteiger partial charge in [0.2, 0.25) is 0 Å². The van der Waals surface area contributed by atoms with Crippen molar-refractivity contribution in [3.8, 4) is 5.75 Å². The molecule has 0 amide bonds. The number of benzene rings is 1. The Morgan fingerprint density at radius 2 is 2.10 bits per heavy atom. The third-order valence-electron chi connectivity index (χ3n) is 2.62. The highest BCUT2D eigenvalue weighted by Gasteiger charge is 2.31. The molecule has 0 heterocycles. The van der Waals surface area contributed by atoms with Crippen molar-refractivity contribution in [3.05, 3.63) is 29.8 Å². The molecule has 1 N–H and O–H groups in total. The van der Waals surface area contributed by atoms with Crippen LogP contribution in [0.2, 0.25) is 0 Å². The van der Waals surface area contributed by atoms with Gasteiger partial charge in [0.1, 0.15) is 5.75 Å². The summed E-state index contributed by atoms with van der Waals surface area (Å²) in [7, 11) is -0.834. The Bertz CT molecular complexity index is 451. The molecule has 0 aliphatic carbocycles. The van der Waals surface area contributed by atoms with Crippen LogP contribution >= 0.6 is 0 Å². The molecule has 2 unspecified atom stereocenters. The second-order valence-corrected chi connectivity index (χ2v) is 6.10. The molecule has 0 fully saturated rings. The average molecular weight is 309 g/mol. The fraction of sp³-hybridized carbons (Fsp3) is 0.538. The molecule has 0 saturated carbocycles. The third-order valence-corrected chi connectivity index (χ3v) is 3.44. The lowest BCUT2D eigenvalue weighted by atomic mass is 10.2. The summed E-state index contributed by atoms with van der Waals surface area (Å²) in [5, 5.41) is 3.17. The Morgan fingerprint density at radius 1 is 1.40 bits per heavy atom. The van der Waals surface area contributed by atoms with Crippen LogP contribution in [0, 0.1) is 0 Å². The summed E-state index contributed by atoms with van der Waals surface area (Å²) < 4.78 is 51.1. The summed E-state index contributed by atoms with van der Waals surface area (Å²) in [4.78, 5) is 0. The van der Waals surface area contributed by atoms with Crippen LogP contribution in [0.15, 0.2) is 24.3 Å². The van der Waals surface area contributed by atoms with Crippen LogP contribution in [-0.4, -0.2) is 28.6 Å². The lowest BCUT2D eigenvalue weighted by Crippen LogP contribution is -2.27. The van der Waals surface area contributed by atoms with Crippen molar-refractivity contribution in [2.45, 2.75) is 32.3 Å². The Morgan fingerprint density at radius 3 is 2.70 bits per heavy atom. The Hall–Kier alpha value is -1.08. The molecule has 2 atom stereocenters. The van der Waals surface area contributed by atoms with Crippen LogP contribution in [0.1, 0.15) is 18.9 Å². The molecule has 0 radical (unpaired) electrons. The number of halogens is 3. The first-order valence-corrected chi connectivity index (χ1v) is 7.87. The van der Waals surface area contributed by atoms with Gasteiger partial charge in [0.15, 0.2) is 0 Å². The van der Waals surface area contributed by atoms with Crippen LogP contribution in [0.5, 0.6) is 5.75 Å². The minimum absolute atomic E-state index is 0.145. The topological polar surface area (TPSA) is 38.3 Å². The highest BCUT2D eigenvalue weighted by molar-refractivity contribution is 7.84. The Balaban J connectivity index is 2.48. The molecule has 114 valence electrons. The van der Waals surface area contributed by atoms with Crippen LogP contribution < -0.4 is 10.1 Å². The fourth-order valence-corrected chi connectivity index (χ4v) is 2.27. The first kappa shape index (κ1) is 17.0. The molecule has 1 aromatic carbocycles. The van der Waals surface area contributed by atoms with Crippen LogP contribution in [0.3, 0.4) is 0 Å². The number of ether oxygens (including phenoxy) is 1. The van der Waals surface area contributed by atoms with Crippen molar-refractivity contribution < 1.29 is 22.1 Å². The van der Waals surface area contributed by atoms with Crippen molar-refractivity contribution in [2.75, 3.05) is 12.0 Å². The molecule has 0 bridgehead atoms. The summed E-state index contributed by atoms with van der Waals surface area (Å²) in [6.45, 7) is 2.38. The van der Waals surface area contributed by atoms with Crippen molar-refractivity contribution in [3.63, 3.8) is 0 Å². The molecule has 1 aromatic rings. The van der Waals surface area contributed by atoms with E-state index in [9.17, 15) is 17.4 Å². The van der Waals surface area contributed by atoms with E-state index in [1.165, 1.54) is 18.2 Å². The van der Waals surface area contributed by atoms with Gasteiger partial charge in [-0.2, -0.15) is 0 Å². The standard InChI is InChI=1S/C13H18F3NO2S/c1-10(6-7-20(2)18)17-9-11-4-3-5-12(8-11)19-13(14,15)16/h3-5,8,10,17H,6-7,9H2,1-2H3. The number of alkyl halides is 3. The minimum atomic E-state index is -4.68. The predicted octanol–water partition coefficient (Wildman–Crippen LogP) is 2.83. The molecule has 0 spiro atoms. The van der Waals surface area contributed by atoms with Gasteiger partial charge >= 0.3 is 6.36 Å². The highest BCUT2D eigenvalue weighted by atomic mass is 32.2. The minimum Gasteiger partial charge on any atom is -0.406 e. The van der Waals surface area contributed by atoms with Crippen LogP contribution in [0.4, 0.5) is 13.2 Å². The van der Waals surface area contributed by atoms with Crippen molar-refractivity contribution in [1.29, 1.82) is 0 Å². The molecule has 3 nitrogen and oxygen atoms in total. The molecule has 0 saturated heterocycles. The van der Waals surface area contributed by atoms with Gasteiger partial charge in [-0.3, -0.25) is 4.21 Å². The van der Waals surface area contributed by atoms with Crippen molar-refractivity contribution >= 4 is 10.8 Å². The zero-order chi connectivity index (χ0) is 15.2. The Kier molecular flexibility index (Phi) is 6.48. The van der Waals surface area contributed by atoms with E-state index in [1.54, 1.807) is 12.3 Å². The van der Waals surface area contributed by atoms with E-state index in [4.69, 9.17) is 0 Å². The van der Waals surface area contributed by atoms with E-state index in [1.807, 2.05) is 6.92 Å². The lowest BCUT2D eigenvalue weighted by molar-refractivity contribution is -0.274. The quantitative estimate of drug-likeness (QED) is 0.842. The summed E-state index contributed by atoms with van der Waals surface area (Å²) >= 11 is 0. The maximum Gasteiger partial charge on any atom is 0.573 e. The number of rotatable bonds is 7. The second kappa shape index (κ2) is 7.64. The normalized spacial score (nSPS) is 14.8. The summed E-state index contributed by atoms with van der Waals surface area (Å²) in [6.07, 6.45) is -2.28. The van der Waals surface area contributed by atoms with Gasteiger partial charge < -0.3 is 10.1 Å². The van der Waals surface area contributed by atoms with Crippen molar-refractivity contribution in [1.82, 2.24) is 5.32 Å². The van der Waals surface area contributed by atoms with E-state index in [0.29, 0.717) is 17.9 Å². The number of hydrogen-bond donors (Lipinski definition) is 1. The Labute approximate surface area is 119 Å². The highest BCUT2D eigenvalue weighted by Crippen LogP contribution is 2.23. The van der Waals surface area contributed by atoms with Gasteiger partial charge in [0, 0.05) is 35.4 Å². The molecular weight excluding hydrogens is 291 g/mol. The van der Waals surface area contributed by atoms with Gasteiger partial charge in [-0.25, -0.2) is 0 Å². The first-order chi connectivity index (χ1) is 9.26. The third kappa shape index (κ3) is 7.49. The van der Waals surface area contributed by atoms with E-state index >= 15 is 0 Å². The number of nitrogens with one attached hydrogen (secondary N) is 1. The van der Waals surface area contributed by atoms with Gasteiger partial charge in [-0.15, -0.1) is 13.2 Å². The lowest BCUT2D eigenvalue weighted by Gasteiger charge is -2.14. The number of hydrogen-bond acceptors (Lipinski definition) is 3. The predicted molar refractivity (Wildman–Crippen MR) is 73.0 cm³/mol. The van der Waals surface area contributed by atoms with E-state index < -0.39 is 17.2 Å². The fourth-order valence-electron chi connectivity index (χ4n) is 1.59. The maximum absolute atomic E-state index is 12.1. The largest absolute Gasteiger partial charge is 0.573 e. The smallest absolute Gasteiger partial charge is 0.406 e. The first-order valence-electron chi connectivity index (χ1n) is 6.14. The molecule has 0 aliphatic heterocycles. The summed E-state index contributed by atoms with van der Waals surface area (Å²) in [5.41, 5.74) is 0.705. The second-order valence-electron chi connectivity index (χ2n) is 4.54. The van der Waals surface area contributed by atoms with E-state index in [2.05, 4.69) is 10.1 Å². The van der Waals surface area contributed by atoms with Gasteiger partial charge in [0.25, 0.3) is 0 Å². The molecule has 20 heavy (non-hydrogen) atoms. The molecule has 0 aliphatic rings. The zero-order valence-corrected chi connectivity index (χ0v) is 12.2. The SMILES string of the molecule is CC(CCS(C)=O)NCc1cccc(OC(F)(F)F)c1.